The van der Waals surface area contributed by atoms with Crippen molar-refractivity contribution in [2.24, 2.45) is 5.92 Å². The molecular formula is C22H32F2N4O2. The fraction of sp³-hybridized carbons (Fsp3) is 0.636. The summed E-state index contributed by atoms with van der Waals surface area (Å²) in [6, 6.07) is 2.84. The van der Waals surface area contributed by atoms with Crippen molar-refractivity contribution in [2.75, 3.05) is 53.4 Å². The maximum absolute atomic E-state index is 14.0. The highest BCUT2D eigenvalue weighted by Gasteiger charge is 2.37. The molecule has 0 bridgehead atoms. The molecule has 1 saturated heterocycles. The van der Waals surface area contributed by atoms with Gasteiger partial charge in [-0.2, -0.15) is 0 Å². The Labute approximate surface area is 177 Å². The zero-order chi connectivity index (χ0) is 21.7. The normalized spacial score (nSPS) is 19.3. The monoisotopic (exact) mass is 422 g/mol. The maximum atomic E-state index is 14.0. The molecule has 3 rings (SSSR count). The van der Waals surface area contributed by atoms with Gasteiger partial charge in [0.2, 0.25) is 5.91 Å². The minimum atomic E-state index is -0.841. The van der Waals surface area contributed by atoms with Crippen molar-refractivity contribution in [3.63, 3.8) is 0 Å². The second-order valence-corrected chi connectivity index (χ2v) is 8.54. The molecule has 1 aliphatic carbocycles. The first-order valence-electron chi connectivity index (χ1n) is 10.8. The molecule has 2 fully saturated rings. The summed E-state index contributed by atoms with van der Waals surface area (Å²) < 4.78 is 27.1. The summed E-state index contributed by atoms with van der Waals surface area (Å²) in [6.45, 7) is 3.37. The summed E-state index contributed by atoms with van der Waals surface area (Å²) in [5, 5.41) is 3.07. The number of likely N-dealkylation sites (N-methyl/N-ethyl adjacent to an activating group) is 1. The summed E-state index contributed by atoms with van der Waals surface area (Å²) >= 11 is 0. The first-order chi connectivity index (χ1) is 14.4. The zero-order valence-electron chi connectivity index (χ0n) is 17.9. The Kier molecular flexibility index (Phi) is 7.77. The summed E-state index contributed by atoms with van der Waals surface area (Å²) in [7, 11) is 3.95. The predicted octanol–water partition coefficient (Wildman–Crippen LogP) is 1.96. The van der Waals surface area contributed by atoms with Crippen LogP contribution in [0.15, 0.2) is 18.2 Å². The van der Waals surface area contributed by atoms with Crippen molar-refractivity contribution >= 4 is 11.8 Å². The summed E-state index contributed by atoms with van der Waals surface area (Å²) in [5.41, 5.74) is -0.112. The highest BCUT2D eigenvalue weighted by molar-refractivity contribution is 5.94. The van der Waals surface area contributed by atoms with Gasteiger partial charge in [-0.3, -0.25) is 14.5 Å². The Morgan fingerprint density at radius 2 is 1.80 bits per heavy atom. The summed E-state index contributed by atoms with van der Waals surface area (Å²) in [6.07, 6.45) is 4.39. The number of rotatable bonds is 7. The van der Waals surface area contributed by atoms with Crippen LogP contribution in [-0.4, -0.2) is 85.9 Å². The molecule has 1 saturated carbocycles. The molecule has 0 spiro atoms. The minimum Gasteiger partial charge on any atom is -0.353 e. The van der Waals surface area contributed by atoms with Crippen molar-refractivity contribution < 1.29 is 18.4 Å². The lowest BCUT2D eigenvalue weighted by atomic mass is 9.95. The SMILES string of the molecule is CN(C)CCNC(=O)C(C1CCCC1)N1CCN(C(=O)c2ccc(F)cc2F)CC1. The number of nitrogens with zero attached hydrogens (tertiary/aromatic N) is 3. The van der Waals surface area contributed by atoms with E-state index in [0.717, 1.165) is 44.4 Å². The lowest BCUT2D eigenvalue weighted by Gasteiger charge is -2.40. The van der Waals surface area contributed by atoms with E-state index in [0.29, 0.717) is 38.6 Å². The van der Waals surface area contributed by atoms with Crippen molar-refractivity contribution in [1.29, 1.82) is 0 Å². The van der Waals surface area contributed by atoms with E-state index in [2.05, 4.69) is 10.2 Å². The van der Waals surface area contributed by atoms with Gasteiger partial charge in [-0.1, -0.05) is 12.8 Å². The number of hydrogen-bond donors (Lipinski definition) is 1. The molecule has 1 aliphatic heterocycles. The highest BCUT2D eigenvalue weighted by Crippen LogP contribution is 2.31. The van der Waals surface area contributed by atoms with Crippen LogP contribution >= 0.6 is 0 Å². The molecule has 2 aliphatic rings. The molecule has 1 atom stereocenters. The van der Waals surface area contributed by atoms with Gasteiger partial charge < -0.3 is 15.1 Å². The van der Waals surface area contributed by atoms with Gasteiger partial charge in [-0.15, -0.1) is 0 Å². The molecule has 30 heavy (non-hydrogen) atoms. The van der Waals surface area contributed by atoms with Crippen LogP contribution in [0.2, 0.25) is 0 Å². The Morgan fingerprint density at radius 1 is 1.13 bits per heavy atom. The minimum absolute atomic E-state index is 0.0631. The van der Waals surface area contributed by atoms with Gasteiger partial charge in [0.25, 0.3) is 5.91 Å². The van der Waals surface area contributed by atoms with Crippen molar-refractivity contribution in [2.45, 2.75) is 31.7 Å². The molecule has 1 heterocycles. The van der Waals surface area contributed by atoms with Gasteiger partial charge in [0, 0.05) is 45.3 Å². The van der Waals surface area contributed by atoms with Crippen molar-refractivity contribution in [3.8, 4) is 0 Å². The van der Waals surface area contributed by atoms with Crippen molar-refractivity contribution in [3.05, 3.63) is 35.4 Å². The first kappa shape index (κ1) is 22.6. The van der Waals surface area contributed by atoms with Crippen LogP contribution in [-0.2, 0) is 4.79 Å². The largest absolute Gasteiger partial charge is 0.353 e. The highest BCUT2D eigenvalue weighted by atomic mass is 19.1. The Balaban J connectivity index is 1.62. The van der Waals surface area contributed by atoms with E-state index in [-0.39, 0.29) is 17.5 Å². The second-order valence-electron chi connectivity index (χ2n) is 8.54. The maximum Gasteiger partial charge on any atom is 0.256 e. The smallest absolute Gasteiger partial charge is 0.256 e. The average molecular weight is 423 g/mol. The molecule has 1 N–H and O–H groups in total. The van der Waals surface area contributed by atoms with Crippen LogP contribution in [0.1, 0.15) is 36.0 Å². The van der Waals surface area contributed by atoms with Gasteiger partial charge in [0.05, 0.1) is 11.6 Å². The quantitative estimate of drug-likeness (QED) is 0.730. The van der Waals surface area contributed by atoms with E-state index in [1.165, 1.54) is 6.07 Å². The number of piperazine rings is 1. The molecule has 6 nitrogen and oxygen atoms in total. The molecule has 0 radical (unpaired) electrons. The molecule has 8 heteroatoms. The Morgan fingerprint density at radius 3 is 2.40 bits per heavy atom. The summed E-state index contributed by atoms with van der Waals surface area (Å²) in [4.78, 5) is 31.4. The van der Waals surface area contributed by atoms with Gasteiger partial charge in [-0.25, -0.2) is 8.78 Å². The van der Waals surface area contributed by atoms with Gasteiger partial charge in [-0.05, 0) is 45.0 Å². The lowest BCUT2D eigenvalue weighted by Crippen LogP contribution is -2.58. The van der Waals surface area contributed by atoms with Crippen LogP contribution in [0.4, 0.5) is 8.78 Å². The molecule has 1 unspecified atom stereocenters. The Bertz CT molecular complexity index is 745. The number of halogens is 2. The van der Waals surface area contributed by atoms with Crippen LogP contribution in [0, 0.1) is 17.6 Å². The summed E-state index contributed by atoms with van der Waals surface area (Å²) in [5.74, 6) is -1.57. The Hall–Kier alpha value is -2.06. The fourth-order valence-electron chi connectivity index (χ4n) is 4.49. The number of nitrogens with one attached hydrogen (secondary N) is 1. The first-order valence-corrected chi connectivity index (χ1v) is 10.8. The second kappa shape index (κ2) is 10.3. The van der Waals surface area contributed by atoms with Crippen LogP contribution in [0.3, 0.4) is 0 Å². The lowest BCUT2D eigenvalue weighted by molar-refractivity contribution is -0.129. The van der Waals surface area contributed by atoms with E-state index >= 15 is 0 Å². The number of amides is 2. The van der Waals surface area contributed by atoms with Gasteiger partial charge in [0.15, 0.2) is 0 Å². The molecule has 2 amide bonds. The van der Waals surface area contributed by atoms with E-state index in [4.69, 9.17) is 0 Å². The van der Waals surface area contributed by atoms with Gasteiger partial charge >= 0.3 is 0 Å². The average Bonchev–Trinajstić information content (AvgIpc) is 3.22. The molecule has 1 aromatic rings. The van der Waals surface area contributed by atoms with Crippen LogP contribution < -0.4 is 5.32 Å². The molecular weight excluding hydrogens is 390 g/mol. The zero-order valence-corrected chi connectivity index (χ0v) is 17.9. The van der Waals surface area contributed by atoms with Crippen LogP contribution in [0.25, 0.3) is 0 Å². The van der Waals surface area contributed by atoms with Crippen LogP contribution in [0.5, 0.6) is 0 Å². The van der Waals surface area contributed by atoms with E-state index < -0.39 is 17.5 Å². The third-order valence-corrected chi connectivity index (χ3v) is 6.13. The fourth-order valence-corrected chi connectivity index (χ4v) is 4.49. The number of hydrogen-bond acceptors (Lipinski definition) is 4. The molecule has 166 valence electrons. The van der Waals surface area contributed by atoms with E-state index in [1.54, 1.807) is 4.90 Å². The predicted molar refractivity (Wildman–Crippen MR) is 111 cm³/mol. The number of carbonyl (C=O) groups is 2. The third kappa shape index (κ3) is 5.55. The number of benzene rings is 1. The number of carbonyl (C=O) groups excluding carboxylic acids is 2. The van der Waals surface area contributed by atoms with Gasteiger partial charge in [0.1, 0.15) is 11.6 Å². The topological polar surface area (TPSA) is 55.9 Å². The van der Waals surface area contributed by atoms with E-state index in [9.17, 15) is 18.4 Å². The molecule has 0 aromatic heterocycles. The third-order valence-electron chi connectivity index (χ3n) is 6.13. The molecule has 1 aromatic carbocycles. The standard InChI is InChI=1S/C22H32F2N4O2/c1-26(2)10-9-25-21(29)20(16-5-3-4-6-16)27-11-13-28(14-12-27)22(30)18-8-7-17(23)15-19(18)24/h7-8,15-16,20H,3-6,9-14H2,1-2H3,(H,25,29). The van der Waals surface area contributed by atoms with E-state index in [1.807, 2.05) is 19.0 Å². The van der Waals surface area contributed by atoms with Crippen molar-refractivity contribution in [1.82, 2.24) is 20.0 Å².